The number of nitrogens with one attached hydrogen (secondary N) is 2. The summed E-state index contributed by atoms with van der Waals surface area (Å²) < 4.78 is 39.8. The number of anilines is 1. The molecule has 0 spiro atoms. The van der Waals surface area contributed by atoms with Crippen LogP contribution in [0.4, 0.5) is 15.8 Å². The van der Waals surface area contributed by atoms with Crippen LogP contribution in [0.5, 0.6) is 0 Å². The van der Waals surface area contributed by atoms with E-state index >= 15 is 0 Å². The number of amides is 1. The maximum Gasteiger partial charge on any atom is 0.271 e. The number of carbonyl (C=O) groups excluding carboxylic acids is 1. The highest BCUT2D eigenvalue weighted by Crippen LogP contribution is 2.18. The van der Waals surface area contributed by atoms with Gasteiger partial charge in [-0.1, -0.05) is 13.0 Å². The number of benzene rings is 2. The zero-order valence-corrected chi connectivity index (χ0v) is 14.5. The zero-order chi connectivity index (χ0) is 19.3. The largest absolute Gasteiger partial charge is 0.324 e. The van der Waals surface area contributed by atoms with Gasteiger partial charge in [0, 0.05) is 17.8 Å². The van der Waals surface area contributed by atoms with Crippen molar-refractivity contribution in [1.29, 1.82) is 0 Å². The summed E-state index contributed by atoms with van der Waals surface area (Å²) in [6, 6.07) is 8.35. The van der Waals surface area contributed by atoms with Crippen molar-refractivity contribution in [3.05, 3.63) is 64.5 Å². The van der Waals surface area contributed by atoms with E-state index in [0.29, 0.717) is 0 Å². The number of non-ortho nitro benzene ring substituents is 1. The van der Waals surface area contributed by atoms with Crippen molar-refractivity contribution in [2.45, 2.75) is 24.3 Å². The smallest absolute Gasteiger partial charge is 0.271 e. The van der Waals surface area contributed by atoms with Gasteiger partial charge < -0.3 is 5.32 Å². The molecule has 138 valence electrons. The summed E-state index contributed by atoms with van der Waals surface area (Å²) in [6.07, 6.45) is 0.140. The fourth-order valence-corrected chi connectivity index (χ4v) is 3.40. The highest BCUT2D eigenvalue weighted by molar-refractivity contribution is 7.89. The minimum Gasteiger partial charge on any atom is -0.324 e. The number of halogens is 1. The second kappa shape index (κ2) is 8.02. The SMILES string of the molecule is CCC(NS(=O)(=O)c1ccc(F)cc1)C(=O)Nc1cccc([N+](=O)[O-])c1. The lowest BCUT2D eigenvalue weighted by Crippen LogP contribution is -2.43. The summed E-state index contributed by atoms with van der Waals surface area (Å²) in [5, 5.41) is 13.2. The molecule has 0 aliphatic rings. The van der Waals surface area contributed by atoms with Crippen LogP contribution in [-0.2, 0) is 14.8 Å². The number of nitro benzene ring substituents is 1. The van der Waals surface area contributed by atoms with Gasteiger partial charge in [-0.15, -0.1) is 0 Å². The molecular formula is C16H16FN3O5S. The molecule has 1 unspecified atom stereocenters. The van der Waals surface area contributed by atoms with Crippen LogP contribution in [-0.4, -0.2) is 25.3 Å². The molecule has 0 heterocycles. The average molecular weight is 381 g/mol. The number of nitro groups is 1. The second-order valence-electron chi connectivity index (χ2n) is 5.33. The molecule has 0 aliphatic carbocycles. The number of carbonyl (C=O) groups is 1. The third-order valence-corrected chi connectivity index (χ3v) is 4.96. The van der Waals surface area contributed by atoms with Crippen LogP contribution >= 0.6 is 0 Å². The molecule has 10 heteroatoms. The molecule has 1 atom stereocenters. The Morgan fingerprint density at radius 1 is 1.23 bits per heavy atom. The van der Waals surface area contributed by atoms with Crippen LogP contribution < -0.4 is 10.0 Å². The van der Waals surface area contributed by atoms with Crippen molar-refractivity contribution in [3.63, 3.8) is 0 Å². The van der Waals surface area contributed by atoms with E-state index in [2.05, 4.69) is 10.0 Å². The predicted octanol–water partition coefficient (Wildman–Crippen LogP) is 2.43. The molecule has 0 aromatic heterocycles. The summed E-state index contributed by atoms with van der Waals surface area (Å²) in [4.78, 5) is 22.3. The van der Waals surface area contributed by atoms with E-state index in [4.69, 9.17) is 0 Å². The summed E-state index contributed by atoms with van der Waals surface area (Å²) in [5.74, 6) is -1.25. The van der Waals surface area contributed by atoms with E-state index in [1.807, 2.05) is 0 Å². The van der Waals surface area contributed by atoms with Gasteiger partial charge in [-0.05, 0) is 36.8 Å². The molecule has 2 rings (SSSR count). The van der Waals surface area contributed by atoms with Crippen molar-refractivity contribution in [3.8, 4) is 0 Å². The van der Waals surface area contributed by atoms with Gasteiger partial charge in [-0.3, -0.25) is 14.9 Å². The minimum absolute atomic E-state index is 0.140. The number of hydrogen-bond donors (Lipinski definition) is 2. The first-order chi connectivity index (χ1) is 12.2. The summed E-state index contributed by atoms with van der Waals surface area (Å²) >= 11 is 0. The Balaban J connectivity index is 2.14. The Morgan fingerprint density at radius 2 is 1.88 bits per heavy atom. The Kier molecular flexibility index (Phi) is 6.01. The standard InChI is InChI=1S/C16H16FN3O5S/c1-2-15(19-26(24,25)14-8-6-11(17)7-9-14)16(21)18-12-4-3-5-13(10-12)20(22)23/h3-10,15,19H,2H2,1H3,(H,18,21). The van der Waals surface area contributed by atoms with Gasteiger partial charge >= 0.3 is 0 Å². The van der Waals surface area contributed by atoms with Gasteiger partial charge in [0.1, 0.15) is 11.9 Å². The molecule has 1 amide bonds. The fourth-order valence-electron chi connectivity index (χ4n) is 2.12. The van der Waals surface area contributed by atoms with Crippen LogP contribution in [0.25, 0.3) is 0 Å². The van der Waals surface area contributed by atoms with Crippen molar-refractivity contribution in [2.24, 2.45) is 0 Å². The lowest BCUT2D eigenvalue weighted by molar-refractivity contribution is -0.384. The Labute approximate surface area is 149 Å². The Morgan fingerprint density at radius 3 is 2.46 bits per heavy atom. The van der Waals surface area contributed by atoms with Gasteiger partial charge in [0.2, 0.25) is 15.9 Å². The molecule has 0 saturated heterocycles. The third kappa shape index (κ3) is 4.83. The molecule has 0 bridgehead atoms. The van der Waals surface area contributed by atoms with Crippen molar-refractivity contribution in [1.82, 2.24) is 4.72 Å². The van der Waals surface area contributed by atoms with E-state index in [1.165, 1.54) is 24.3 Å². The third-order valence-electron chi connectivity index (χ3n) is 3.47. The quantitative estimate of drug-likeness (QED) is 0.564. The number of nitrogens with zero attached hydrogens (tertiary/aromatic N) is 1. The lowest BCUT2D eigenvalue weighted by atomic mass is 10.2. The number of rotatable bonds is 7. The first-order valence-electron chi connectivity index (χ1n) is 7.56. The second-order valence-corrected chi connectivity index (χ2v) is 7.05. The van der Waals surface area contributed by atoms with Gasteiger partial charge in [0.15, 0.2) is 0 Å². The molecule has 0 aliphatic heterocycles. The molecule has 2 aromatic rings. The van der Waals surface area contributed by atoms with E-state index in [9.17, 15) is 27.7 Å². The molecule has 0 saturated carbocycles. The van der Waals surface area contributed by atoms with Crippen molar-refractivity contribution < 1.29 is 22.5 Å². The fraction of sp³-hybridized carbons (Fsp3) is 0.188. The van der Waals surface area contributed by atoms with Crippen LogP contribution in [0.15, 0.2) is 53.4 Å². The predicted molar refractivity (Wildman–Crippen MR) is 92.5 cm³/mol. The van der Waals surface area contributed by atoms with Gasteiger partial charge in [-0.2, -0.15) is 4.72 Å². The van der Waals surface area contributed by atoms with Gasteiger partial charge in [0.05, 0.1) is 9.82 Å². The maximum atomic E-state index is 12.9. The number of sulfonamides is 1. The van der Waals surface area contributed by atoms with Crippen LogP contribution in [0, 0.1) is 15.9 Å². The number of hydrogen-bond acceptors (Lipinski definition) is 5. The molecule has 0 radical (unpaired) electrons. The molecule has 0 fully saturated rings. The minimum atomic E-state index is -4.03. The first-order valence-corrected chi connectivity index (χ1v) is 9.04. The van der Waals surface area contributed by atoms with E-state index in [0.717, 1.165) is 24.3 Å². The van der Waals surface area contributed by atoms with Crippen LogP contribution in [0.1, 0.15) is 13.3 Å². The molecule has 2 N–H and O–H groups in total. The zero-order valence-electron chi connectivity index (χ0n) is 13.7. The molecule has 2 aromatic carbocycles. The normalized spacial score (nSPS) is 12.4. The Bertz CT molecular complexity index is 916. The van der Waals surface area contributed by atoms with Crippen LogP contribution in [0.2, 0.25) is 0 Å². The van der Waals surface area contributed by atoms with Gasteiger partial charge in [-0.25, -0.2) is 12.8 Å². The highest BCUT2D eigenvalue weighted by Gasteiger charge is 2.24. The summed E-state index contributed by atoms with van der Waals surface area (Å²) in [7, 11) is -4.03. The van der Waals surface area contributed by atoms with E-state index in [1.54, 1.807) is 6.92 Å². The molecule has 8 nitrogen and oxygen atoms in total. The van der Waals surface area contributed by atoms with Crippen LogP contribution in [0.3, 0.4) is 0 Å². The first kappa shape index (κ1) is 19.5. The van der Waals surface area contributed by atoms with E-state index in [-0.39, 0.29) is 22.7 Å². The topological polar surface area (TPSA) is 118 Å². The Hall–Kier alpha value is -2.85. The van der Waals surface area contributed by atoms with Gasteiger partial charge in [0.25, 0.3) is 5.69 Å². The molecular weight excluding hydrogens is 365 g/mol. The monoisotopic (exact) mass is 381 g/mol. The maximum absolute atomic E-state index is 12.9. The lowest BCUT2D eigenvalue weighted by Gasteiger charge is -2.17. The van der Waals surface area contributed by atoms with E-state index < -0.39 is 32.7 Å². The average Bonchev–Trinajstić information content (AvgIpc) is 2.60. The molecule has 26 heavy (non-hydrogen) atoms. The van der Waals surface area contributed by atoms with Crippen molar-refractivity contribution >= 4 is 27.3 Å². The summed E-state index contributed by atoms with van der Waals surface area (Å²) in [6.45, 7) is 1.60. The van der Waals surface area contributed by atoms with Crippen molar-refractivity contribution in [2.75, 3.05) is 5.32 Å². The summed E-state index contributed by atoms with van der Waals surface area (Å²) in [5.41, 5.74) is -0.0358. The highest BCUT2D eigenvalue weighted by atomic mass is 32.2.